The topological polar surface area (TPSA) is 49.6 Å². The number of aryl methyl sites for hydroxylation is 1. The molecule has 0 radical (unpaired) electrons. The Bertz CT molecular complexity index is 685. The largest absolute Gasteiger partial charge is 0.454 e. The Kier molecular flexibility index (Phi) is 3.44. The smallest absolute Gasteiger partial charge is 0.187 e. The number of para-hydroxylation sites is 1. The molecule has 1 fully saturated rings. The molecule has 1 aromatic carbocycles. The minimum Gasteiger partial charge on any atom is -0.454 e. The van der Waals surface area contributed by atoms with Gasteiger partial charge >= 0.3 is 0 Å². The van der Waals surface area contributed by atoms with Crippen molar-refractivity contribution < 1.29 is 4.42 Å². The number of benzene rings is 1. The minimum absolute atomic E-state index is 0.526. The lowest BCUT2D eigenvalue weighted by molar-refractivity contribution is 0.600. The van der Waals surface area contributed by atoms with Crippen molar-refractivity contribution in [2.24, 2.45) is 5.10 Å². The van der Waals surface area contributed by atoms with Crippen LogP contribution in [0.5, 0.6) is 0 Å². The molecule has 1 heterocycles. The lowest BCUT2D eigenvalue weighted by Crippen LogP contribution is -2.34. The molecule has 0 amide bonds. The van der Waals surface area contributed by atoms with E-state index >= 15 is 0 Å². The number of furan rings is 1. The van der Waals surface area contributed by atoms with Crippen LogP contribution in [0.15, 0.2) is 33.8 Å². The fourth-order valence-electron chi connectivity index (χ4n) is 2.15. The van der Waals surface area contributed by atoms with E-state index in [1.54, 1.807) is 0 Å². The van der Waals surface area contributed by atoms with E-state index in [1.807, 2.05) is 32.0 Å². The molecule has 0 spiro atoms. The third kappa shape index (κ3) is 2.67. The van der Waals surface area contributed by atoms with Gasteiger partial charge in [0, 0.05) is 17.0 Å². The first-order valence-corrected chi connectivity index (χ1v) is 7.15. The molecule has 2 aromatic rings. The number of nitrogens with zero attached hydrogens (tertiary/aromatic N) is 1. The van der Waals surface area contributed by atoms with Crippen LogP contribution in [0.3, 0.4) is 0 Å². The van der Waals surface area contributed by atoms with E-state index in [1.165, 1.54) is 12.8 Å². The summed E-state index contributed by atoms with van der Waals surface area (Å²) in [6.07, 6.45) is 2.38. The molecular weight excluding hydrogens is 270 g/mol. The Balaban J connectivity index is 1.78. The first kappa shape index (κ1) is 13.1. The Hall–Kier alpha value is -1.88. The van der Waals surface area contributed by atoms with E-state index < -0.39 is 0 Å². The van der Waals surface area contributed by atoms with Gasteiger partial charge in [0.2, 0.25) is 0 Å². The van der Waals surface area contributed by atoms with Gasteiger partial charge in [-0.25, -0.2) is 0 Å². The van der Waals surface area contributed by atoms with Crippen molar-refractivity contribution in [3.8, 4) is 0 Å². The first-order chi connectivity index (χ1) is 9.65. The number of thiocarbonyl (C=S) groups is 1. The van der Waals surface area contributed by atoms with Gasteiger partial charge in [-0.05, 0) is 45.0 Å². The number of hydrazone groups is 1. The van der Waals surface area contributed by atoms with Crippen LogP contribution in [0.1, 0.15) is 31.1 Å². The highest BCUT2D eigenvalue weighted by molar-refractivity contribution is 7.80. The van der Waals surface area contributed by atoms with Crippen molar-refractivity contribution in [2.75, 3.05) is 0 Å². The molecule has 0 unspecified atom stereocenters. The molecule has 1 aromatic heterocycles. The third-order valence-corrected chi connectivity index (χ3v) is 3.62. The summed E-state index contributed by atoms with van der Waals surface area (Å²) >= 11 is 5.18. The highest BCUT2D eigenvalue weighted by atomic mass is 32.1. The maximum absolute atomic E-state index is 5.85. The summed E-state index contributed by atoms with van der Waals surface area (Å²) in [7, 11) is 0. The summed E-state index contributed by atoms with van der Waals surface area (Å²) < 4.78 is 5.85. The molecule has 1 aliphatic carbocycles. The first-order valence-electron chi connectivity index (χ1n) is 6.74. The second kappa shape index (κ2) is 5.25. The van der Waals surface area contributed by atoms with Crippen molar-refractivity contribution in [1.29, 1.82) is 0 Å². The molecule has 5 heteroatoms. The summed E-state index contributed by atoms with van der Waals surface area (Å²) in [5.74, 6) is 0.799. The van der Waals surface area contributed by atoms with Gasteiger partial charge in [-0.2, -0.15) is 5.10 Å². The lowest BCUT2D eigenvalue weighted by Gasteiger charge is -2.05. The molecule has 2 N–H and O–H groups in total. The summed E-state index contributed by atoms with van der Waals surface area (Å²) in [6, 6.07) is 8.52. The normalized spacial score (nSPS) is 15.4. The van der Waals surface area contributed by atoms with E-state index in [0.717, 1.165) is 28.0 Å². The number of nitrogens with one attached hydrogen (secondary N) is 2. The highest BCUT2D eigenvalue weighted by Crippen LogP contribution is 2.25. The molecule has 0 bridgehead atoms. The predicted octanol–water partition coefficient (Wildman–Crippen LogP) is 3.09. The molecule has 0 aliphatic heterocycles. The van der Waals surface area contributed by atoms with Crippen LogP contribution in [-0.4, -0.2) is 16.9 Å². The highest BCUT2D eigenvalue weighted by Gasteiger charge is 2.21. The third-order valence-electron chi connectivity index (χ3n) is 3.41. The Labute approximate surface area is 123 Å². The van der Waals surface area contributed by atoms with E-state index in [-0.39, 0.29) is 0 Å². The van der Waals surface area contributed by atoms with Crippen LogP contribution in [-0.2, 0) is 0 Å². The fourth-order valence-corrected chi connectivity index (χ4v) is 2.36. The van der Waals surface area contributed by atoms with E-state index in [2.05, 4.69) is 21.9 Å². The van der Waals surface area contributed by atoms with E-state index in [0.29, 0.717) is 11.2 Å². The van der Waals surface area contributed by atoms with Crippen LogP contribution in [0.4, 0.5) is 0 Å². The molecule has 4 nitrogen and oxygen atoms in total. The average Bonchev–Trinajstić information content (AvgIpc) is 3.19. The van der Waals surface area contributed by atoms with Gasteiger partial charge in [-0.3, -0.25) is 5.43 Å². The van der Waals surface area contributed by atoms with E-state index in [4.69, 9.17) is 16.6 Å². The van der Waals surface area contributed by atoms with Gasteiger partial charge in [0.25, 0.3) is 0 Å². The summed E-state index contributed by atoms with van der Waals surface area (Å²) in [5.41, 5.74) is 5.65. The van der Waals surface area contributed by atoms with Gasteiger partial charge in [0.05, 0.1) is 0 Å². The number of hydrogen-bond donors (Lipinski definition) is 2. The summed E-state index contributed by atoms with van der Waals surface area (Å²) in [4.78, 5) is 0. The average molecular weight is 287 g/mol. The van der Waals surface area contributed by atoms with Gasteiger partial charge in [-0.15, -0.1) is 0 Å². The van der Waals surface area contributed by atoms with Crippen LogP contribution in [0.2, 0.25) is 0 Å². The monoisotopic (exact) mass is 287 g/mol. The Morgan fingerprint density at radius 3 is 2.80 bits per heavy atom. The quantitative estimate of drug-likeness (QED) is 0.517. The number of fused-ring (bicyclic) bond motifs is 1. The summed E-state index contributed by atoms with van der Waals surface area (Å²) in [5, 5.41) is 9.18. The molecule has 104 valence electrons. The number of rotatable bonds is 3. The molecule has 1 saturated carbocycles. The van der Waals surface area contributed by atoms with Crippen molar-refractivity contribution in [1.82, 2.24) is 10.7 Å². The SMILES string of the molecule is C/C(=N\NC(=S)NC1CC1)c1oc2ccccc2c1C. The van der Waals surface area contributed by atoms with Crippen LogP contribution in [0, 0.1) is 6.92 Å². The molecule has 0 saturated heterocycles. The predicted molar refractivity (Wildman–Crippen MR) is 85.1 cm³/mol. The van der Waals surface area contributed by atoms with Crippen molar-refractivity contribution >= 4 is 34.0 Å². The van der Waals surface area contributed by atoms with Crippen LogP contribution >= 0.6 is 12.2 Å². The lowest BCUT2D eigenvalue weighted by atomic mass is 10.1. The molecule has 0 atom stereocenters. The Morgan fingerprint density at radius 2 is 2.10 bits per heavy atom. The second-order valence-corrected chi connectivity index (χ2v) is 5.52. The van der Waals surface area contributed by atoms with Crippen LogP contribution < -0.4 is 10.7 Å². The minimum atomic E-state index is 0.526. The maximum atomic E-state index is 5.85. The van der Waals surface area contributed by atoms with Gasteiger partial charge in [0.15, 0.2) is 10.9 Å². The zero-order valence-electron chi connectivity index (χ0n) is 11.6. The second-order valence-electron chi connectivity index (χ2n) is 5.11. The molecular formula is C15H17N3OS. The van der Waals surface area contributed by atoms with Crippen molar-refractivity contribution in [2.45, 2.75) is 32.7 Å². The summed E-state index contributed by atoms with van der Waals surface area (Å²) in [6.45, 7) is 3.96. The van der Waals surface area contributed by atoms with E-state index in [9.17, 15) is 0 Å². The zero-order valence-corrected chi connectivity index (χ0v) is 12.4. The van der Waals surface area contributed by atoms with Gasteiger partial charge < -0.3 is 9.73 Å². The molecule has 1 aliphatic rings. The Morgan fingerprint density at radius 1 is 1.35 bits per heavy atom. The standard InChI is InChI=1S/C15H17N3OS/c1-9-12-5-3-4-6-13(12)19-14(9)10(2)17-18-15(20)16-11-7-8-11/h3-6,11H,7-8H2,1-2H3,(H2,16,18,20)/b17-10+. The molecule has 20 heavy (non-hydrogen) atoms. The fraction of sp³-hybridized carbons (Fsp3) is 0.333. The van der Waals surface area contributed by atoms with Gasteiger partial charge in [-0.1, -0.05) is 18.2 Å². The molecule has 3 rings (SSSR count). The van der Waals surface area contributed by atoms with Gasteiger partial charge in [0.1, 0.15) is 11.3 Å². The van der Waals surface area contributed by atoms with Crippen LogP contribution in [0.25, 0.3) is 11.0 Å². The van der Waals surface area contributed by atoms with Crippen molar-refractivity contribution in [3.05, 3.63) is 35.6 Å². The zero-order chi connectivity index (χ0) is 14.1. The maximum Gasteiger partial charge on any atom is 0.187 e. The number of hydrogen-bond acceptors (Lipinski definition) is 3. The van der Waals surface area contributed by atoms with Crippen molar-refractivity contribution in [3.63, 3.8) is 0 Å².